The van der Waals surface area contributed by atoms with Crippen LogP contribution in [0.2, 0.25) is 0 Å². The van der Waals surface area contributed by atoms with E-state index >= 15 is 0 Å². The van der Waals surface area contributed by atoms with Gasteiger partial charge in [0, 0.05) is 11.1 Å². The molecule has 0 aliphatic heterocycles. The van der Waals surface area contributed by atoms with Gasteiger partial charge in [-0.25, -0.2) is 4.79 Å². The van der Waals surface area contributed by atoms with Crippen LogP contribution in [0.25, 0.3) is 11.3 Å². The maximum Gasteiger partial charge on any atom is 0.339 e. The van der Waals surface area contributed by atoms with Crippen molar-refractivity contribution < 1.29 is 14.3 Å². The number of pyridine rings is 1. The van der Waals surface area contributed by atoms with E-state index in [2.05, 4.69) is 4.98 Å². The lowest BCUT2D eigenvalue weighted by Gasteiger charge is -2.22. The van der Waals surface area contributed by atoms with Gasteiger partial charge in [-0.15, -0.1) is 0 Å². The Hall–Kier alpha value is -2.40. The molecule has 2 N–H and O–H groups in total. The van der Waals surface area contributed by atoms with Gasteiger partial charge in [-0.3, -0.25) is 4.98 Å². The number of anilines is 1. The lowest BCUT2D eigenvalue weighted by atomic mass is 9.95. The van der Waals surface area contributed by atoms with Gasteiger partial charge in [0.05, 0.1) is 31.3 Å². The number of methoxy groups -OCH3 is 1. The lowest BCUT2D eigenvalue weighted by Crippen LogP contribution is -2.22. The number of esters is 1. The van der Waals surface area contributed by atoms with E-state index in [9.17, 15) is 4.79 Å². The minimum absolute atomic E-state index is 0.282. The first kappa shape index (κ1) is 18.9. The zero-order chi connectivity index (χ0) is 18.6. The summed E-state index contributed by atoms with van der Waals surface area (Å²) in [5.41, 5.74) is 10.8. The van der Waals surface area contributed by atoms with Gasteiger partial charge in [0.15, 0.2) is 6.10 Å². The van der Waals surface area contributed by atoms with E-state index in [1.54, 1.807) is 6.20 Å². The zero-order valence-corrected chi connectivity index (χ0v) is 15.5. The molecule has 0 radical (unpaired) electrons. The topological polar surface area (TPSA) is 74.4 Å². The summed E-state index contributed by atoms with van der Waals surface area (Å²) in [7, 11) is 1.36. The van der Waals surface area contributed by atoms with Crippen LogP contribution in [0.15, 0.2) is 30.5 Å². The Balaban J connectivity index is 2.60. The van der Waals surface area contributed by atoms with Crippen LogP contribution < -0.4 is 5.73 Å². The van der Waals surface area contributed by atoms with Gasteiger partial charge in [0.2, 0.25) is 0 Å². The van der Waals surface area contributed by atoms with Crippen LogP contribution in [0.3, 0.4) is 0 Å². The van der Waals surface area contributed by atoms with E-state index in [-0.39, 0.29) is 5.92 Å². The minimum atomic E-state index is -0.861. The third-order valence-corrected chi connectivity index (χ3v) is 4.02. The molecule has 1 aromatic carbocycles. The molecule has 0 aliphatic rings. The molecule has 0 saturated heterocycles. The summed E-state index contributed by atoms with van der Waals surface area (Å²) in [4.78, 5) is 16.9. The summed E-state index contributed by atoms with van der Waals surface area (Å²) in [6.07, 6.45) is 0.754. The molecule has 5 nitrogen and oxygen atoms in total. The Labute approximate surface area is 149 Å². The minimum Gasteiger partial charge on any atom is -0.467 e. The van der Waals surface area contributed by atoms with Crippen molar-refractivity contribution in [1.82, 2.24) is 4.98 Å². The largest absolute Gasteiger partial charge is 0.467 e. The number of nitrogens with zero attached hydrogens (tertiary/aromatic N) is 1. The van der Waals surface area contributed by atoms with E-state index in [1.165, 1.54) is 7.11 Å². The summed E-state index contributed by atoms with van der Waals surface area (Å²) in [6.45, 7) is 8.38. The van der Waals surface area contributed by atoms with Gasteiger partial charge >= 0.3 is 5.97 Å². The van der Waals surface area contributed by atoms with Crippen LogP contribution >= 0.6 is 0 Å². The average Bonchev–Trinajstić information content (AvgIpc) is 2.59. The van der Waals surface area contributed by atoms with Gasteiger partial charge in [0.1, 0.15) is 0 Å². The number of rotatable bonds is 6. The fourth-order valence-corrected chi connectivity index (χ4v) is 2.56. The third kappa shape index (κ3) is 4.37. The number of hydrogen-bond acceptors (Lipinski definition) is 5. The summed E-state index contributed by atoms with van der Waals surface area (Å²) in [5, 5.41) is 0. The molecule has 0 amide bonds. The molecular weight excluding hydrogens is 316 g/mol. The maximum atomic E-state index is 12.4. The Kier molecular flexibility index (Phi) is 6.15. The van der Waals surface area contributed by atoms with Crippen molar-refractivity contribution in [2.45, 2.75) is 33.8 Å². The van der Waals surface area contributed by atoms with Gasteiger partial charge in [-0.1, -0.05) is 43.7 Å². The first-order valence-electron chi connectivity index (χ1n) is 8.36. The molecule has 5 heteroatoms. The summed E-state index contributed by atoms with van der Waals surface area (Å²) in [6, 6.07) is 7.98. The zero-order valence-electron chi connectivity index (χ0n) is 15.5. The molecule has 0 bridgehead atoms. The molecule has 1 atom stereocenters. The second kappa shape index (κ2) is 8.12. The SMILES string of the molecule is COC(=O)C(OCC(C)C)c1c(-c2ccc(C)cc2)ncc(N)c1C. The van der Waals surface area contributed by atoms with E-state index in [4.69, 9.17) is 15.2 Å². The van der Waals surface area contributed by atoms with Gasteiger partial charge in [0.25, 0.3) is 0 Å². The van der Waals surface area contributed by atoms with Gasteiger partial charge in [-0.05, 0) is 25.3 Å². The smallest absolute Gasteiger partial charge is 0.339 e. The van der Waals surface area contributed by atoms with E-state index in [0.717, 1.165) is 16.7 Å². The molecule has 1 aromatic heterocycles. The number of ether oxygens (including phenoxy) is 2. The third-order valence-electron chi connectivity index (χ3n) is 4.02. The molecule has 134 valence electrons. The number of hydrogen-bond donors (Lipinski definition) is 1. The van der Waals surface area contributed by atoms with E-state index < -0.39 is 12.1 Å². The van der Waals surface area contributed by atoms with Gasteiger partial charge in [-0.2, -0.15) is 0 Å². The molecule has 2 aromatic rings. The first-order chi connectivity index (χ1) is 11.8. The number of carbonyl (C=O) groups is 1. The molecule has 0 saturated carbocycles. The standard InChI is InChI=1S/C20H26N2O3/c1-12(2)11-25-19(20(23)24-5)17-14(4)16(21)10-22-18(17)15-8-6-13(3)7-9-15/h6-10,12,19H,11,21H2,1-5H3. The predicted octanol–water partition coefficient (Wildman–Crippen LogP) is 3.83. The molecule has 2 rings (SSSR count). The van der Waals surface area contributed by atoms with Crippen LogP contribution in [0.4, 0.5) is 5.69 Å². The highest BCUT2D eigenvalue weighted by Gasteiger charge is 2.29. The molecule has 1 heterocycles. The number of benzene rings is 1. The van der Waals surface area contributed by atoms with Crippen molar-refractivity contribution in [2.75, 3.05) is 19.5 Å². The van der Waals surface area contributed by atoms with Crippen molar-refractivity contribution in [2.24, 2.45) is 5.92 Å². The maximum absolute atomic E-state index is 12.4. The Morgan fingerprint density at radius 3 is 2.40 bits per heavy atom. The Morgan fingerprint density at radius 1 is 1.20 bits per heavy atom. The predicted molar refractivity (Wildman–Crippen MR) is 99.1 cm³/mol. The van der Waals surface area contributed by atoms with Crippen LogP contribution in [-0.4, -0.2) is 24.7 Å². The Morgan fingerprint density at radius 2 is 1.84 bits per heavy atom. The fourth-order valence-electron chi connectivity index (χ4n) is 2.56. The van der Waals surface area contributed by atoms with Gasteiger partial charge < -0.3 is 15.2 Å². The molecule has 1 unspecified atom stereocenters. The average molecular weight is 342 g/mol. The number of nitrogens with two attached hydrogens (primary N) is 1. The van der Waals surface area contributed by atoms with E-state index in [0.29, 0.717) is 23.6 Å². The van der Waals surface area contributed by atoms with Crippen LogP contribution in [0, 0.1) is 19.8 Å². The number of aryl methyl sites for hydroxylation is 1. The summed E-state index contributed by atoms with van der Waals surface area (Å²) < 4.78 is 10.9. The second-order valence-corrected chi connectivity index (χ2v) is 6.60. The summed E-state index contributed by atoms with van der Waals surface area (Å²) >= 11 is 0. The second-order valence-electron chi connectivity index (χ2n) is 6.60. The van der Waals surface area contributed by atoms with Crippen LogP contribution in [-0.2, 0) is 14.3 Å². The van der Waals surface area contributed by atoms with Crippen molar-refractivity contribution in [1.29, 1.82) is 0 Å². The van der Waals surface area contributed by atoms with E-state index in [1.807, 2.05) is 52.0 Å². The molecular formula is C20H26N2O3. The van der Waals surface area contributed by atoms with Crippen molar-refractivity contribution in [3.63, 3.8) is 0 Å². The monoisotopic (exact) mass is 342 g/mol. The highest BCUT2D eigenvalue weighted by molar-refractivity contribution is 5.82. The van der Waals surface area contributed by atoms with Crippen LogP contribution in [0.1, 0.15) is 36.6 Å². The quantitative estimate of drug-likeness (QED) is 0.808. The highest BCUT2D eigenvalue weighted by Crippen LogP contribution is 2.34. The van der Waals surface area contributed by atoms with Crippen molar-refractivity contribution in [3.05, 3.63) is 47.2 Å². The molecule has 0 spiro atoms. The number of nitrogen functional groups attached to an aromatic ring is 1. The van der Waals surface area contributed by atoms with Crippen molar-refractivity contribution >= 4 is 11.7 Å². The summed E-state index contributed by atoms with van der Waals surface area (Å²) in [5.74, 6) is -0.172. The normalized spacial score (nSPS) is 12.2. The Bertz CT molecular complexity index is 739. The van der Waals surface area contributed by atoms with Crippen molar-refractivity contribution in [3.8, 4) is 11.3 Å². The molecule has 0 fully saturated rings. The molecule has 25 heavy (non-hydrogen) atoms. The molecule has 0 aliphatic carbocycles. The van der Waals surface area contributed by atoms with Crippen LogP contribution in [0.5, 0.6) is 0 Å². The first-order valence-corrected chi connectivity index (χ1v) is 8.36. The lowest BCUT2D eigenvalue weighted by molar-refractivity contribution is -0.155. The number of carbonyl (C=O) groups excluding carboxylic acids is 1. The number of aromatic nitrogens is 1. The fraction of sp³-hybridized carbons (Fsp3) is 0.400. The highest BCUT2D eigenvalue weighted by atomic mass is 16.6.